The Morgan fingerprint density at radius 3 is 1.86 bits per heavy atom. The number of carboxylic acid groups (broad SMARTS) is 1. The molecular weight excluding hydrogens is 646 g/mol. The average molecular weight is 684 g/mol. The summed E-state index contributed by atoms with van der Waals surface area (Å²) in [6.45, 7) is 3.77. The molecule has 16 heteroatoms. The first-order valence-corrected chi connectivity index (χ1v) is 15.3. The molecule has 4 N–H and O–H groups in total. The Morgan fingerprint density at radius 1 is 0.755 bits per heavy atom. The lowest BCUT2D eigenvalue weighted by atomic mass is 9.95. The number of benzene rings is 2. The van der Waals surface area contributed by atoms with Gasteiger partial charge in [-0.1, -0.05) is 48.5 Å². The Balaban J connectivity index is 1.46. The first kappa shape index (κ1) is 36.3. The van der Waals surface area contributed by atoms with Gasteiger partial charge in [0.05, 0.1) is 6.42 Å². The number of alkyl carbamates (subject to hydrolysis) is 1. The number of fused-ring (bicyclic) bond motifs is 3. The monoisotopic (exact) mass is 683 g/mol. The van der Waals surface area contributed by atoms with Gasteiger partial charge in [0.25, 0.3) is 0 Å². The zero-order chi connectivity index (χ0) is 35.8. The molecule has 1 fully saturated rings. The van der Waals surface area contributed by atoms with Gasteiger partial charge in [0.15, 0.2) is 18.4 Å². The highest BCUT2D eigenvalue weighted by Gasteiger charge is 2.51. The number of hydrogen-bond acceptors (Lipinski definition) is 12. The largest absolute Gasteiger partial charge is 0.480 e. The van der Waals surface area contributed by atoms with Crippen LogP contribution in [0, 0.1) is 0 Å². The SMILES string of the molecule is CC(=O)N[C@H]1[C@H](OC(C)=O)[C@@H](OC(C)=O)[C@@H](COC(C)=O)O[C@H]1NC(=O)C[C@H](NC(=O)OCC1c2ccccc2-c2ccccc21)C(=O)O. The van der Waals surface area contributed by atoms with Crippen molar-refractivity contribution >= 4 is 41.8 Å². The Bertz CT molecular complexity index is 1570. The van der Waals surface area contributed by atoms with E-state index >= 15 is 0 Å². The van der Waals surface area contributed by atoms with Crippen LogP contribution in [-0.4, -0.2) is 96.7 Å². The third kappa shape index (κ3) is 9.31. The van der Waals surface area contributed by atoms with Crippen molar-refractivity contribution in [2.75, 3.05) is 13.2 Å². The molecule has 0 bridgehead atoms. The summed E-state index contributed by atoms with van der Waals surface area (Å²) in [5.74, 6) is -5.83. The molecule has 0 unspecified atom stereocenters. The van der Waals surface area contributed by atoms with Crippen LogP contribution in [0.3, 0.4) is 0 Å². The van der Waals surface area contributed by atoms with Crippen molar-refractivity contribution in [2.45, 2.75) is 76.7 Å². The standard InChI is InChI=1S/C33H37N3O13/c1-16(37)34-28-30(48-19(4)40)29(47-18(3)39)26(15-45-17(2)38)49-31(28)36-27(41)13-25(32(42)43)35-33(44)46-14-24-22-11-7-5-9-20(22)21-10-6-8-12-23(21)24/h5-12,24-26,28-31H,13-15H2,1-4H3,(H,34,37)(H,35,44)(H,36,41)(H,42,43)/t25-,26+,28-,29-,30-,31+/m0/s1. The van der Waals surface area contributed by atoms with Gasteiger partial charge in [0.1, 0.15) is 31.4 Å². The zero-order valence-corrected chi connectivity index (χ0v) is 27.1. The van der Waals surface area contributed by atoms with Crippen LogP contribution in [0.4, 0.5) is 4.79 Å². The van der Waals surface area contributed by atoms with Gasteiger partial charge in [-0.25, -0.2) is 9.59 Å². The summed E-state index contributed by atoms with van der Waals surface area (Å²) < 4.78 is 27.0. The smallest absolute Gasteiger partial charge is 0.407 e. The number of esters is 3. The van der Waals surface area contributed by atoms with Crippen LogP contribution in [0.2, 0.25) is 0 Å². The van der Waals surface area contributed by atoms with E-state index in [1.165, 1.54) is 0 Å². The average Bonchev–Trinajstić information content (AvgIpc) is 3.34. The van der Waals surface area contributed by atoms with Crippen LogP contribution in [0.25, 0.3) is 11.1 Å². The van der Waals surface area contributed by atoms with Gasteiger partial charge in [-0.05, 0) is 22.3 Å². The molecule has 0 aromatic heterocycles. The third-order valence-electron chi connectivity index (χ3n) is 7.74. The number of carbonyl (C=O) groups excluding carboxylic acids is 6. The highest BCUT2D eigenvalue weighted by atomic mass is 16.6. The molecule has 3 amide bonds. The summed E-state index contributed by atoms with van der Waals surface area (Å²) in [7, 11) is 0. The van der Waals surface area contributed by atoms with Crippen LogP contribution >= 0.6 is 0 Å². The second-order valence-corrected chi connectivity index (χ2v) is 11.4. The molecule has 0 radical (unpaired) electrons. The lowest BCUT2D eigenvalue weighted by Gasteiger charge is -2.45. The summed E-state index contributed by atoms with van der Waals surface area (Å²) in [6, 6.07) is 12.2. The van der Waals surface area contributed by atoms with E-state index in [9.17, 15) is 38.7 Å². The zero-order valence-electron chi connectivity index (χ0n) is 27.1. The first-order chi connectivity index (χ1) is 23.2. The number of rotatable bonds is 12. The van der Waals surface area contributed by atoms with Crippen molar-refractivity contribution in [3.63, 3.8) is 0 Å². The number of carbonyl (C=O) groups is 7. The van der Waals surface area contributed by atoms with Crippen LogP contribution in [0.15, 0.2) is 48.5 Å². The van der Waals surface area contributed by atoms with Crippen molar-refractivity contribution in [3.8, 4) is 11.1 Å². The van der Waals surface area contributed by atoms with Gasteiger partial charge in [0, 0.05) is 33.6 Å². The first-order valence-electron chi connectivity index (χ1n) is 15.3. The quantitative estimate of drug-likeness (QED) is 0.182. The lowest BCUT2D eigenvalue weighted by Crippen LogP contribution is -2.69. The maximum Gasteiger partial charge on any atom is 0.407 e. The van der Waals surface area contributed by atoms with Crippen molar-refractivity contribution in [3.05, 3.63) is 59.7 Å². The fourth-order valence-electron chi connectivity index (χ4n) is 5.84. The van der Waals surface area contributed by atoms with Crippen LogP contribution in [0.5, 0.6) is 0 Å². The molecule has 1 aliphatic heterocycles. The van der Waals surface area contributed by atoms with Gasteiger partial charge in [-0.15, -0.1) is 0 Å². The second kappa shape index (κ2) is 16.1. The summed E-state index contributed by atoms with van der Waals surface area (Å²) in [4.78, 5) is 85.8. The fourth-order valence-corrected chi connectivity index (χ4v) is 5.84. The van der Waals surface area contributed by atoms with E-state index in [0.29, 0.717) is 0 Å². The number of amides is 3. The van der Waals surface area contributed by atoms with Crippen molar-refractivity contribution in [1.82, 2.24) is 16.0 Å². The lowest BCUT2D eigenvalue weighted by molar-refractivity contribution is -0.228. The fraction of sp³-hybridized carbons (Fsp3) is 0.424. The molecule has 1 saturated heterocycles. The summed E-state index contributed by atoms with van der Waals surface area (Å²) >= 11 is 0. The van der Waals surface area contributed by atoms with E-state index in [0.717, 1.165) is 49.9 Å². The number of aliphatic carboxylic acids is 1. The predicted molar refractivity (Wildman–Crippen MR) is 166 cm³/mol. The molecule has 16 nitrogen and oxygen atoms in total. The van der Waals surface area contributed by atoms with E-state index in [2.05, 4.69) is 16.0 Å². The molecule has 6 atom stereocenters. The Morgan fingerprint density at radius 2 is 1.33 bits per heavy atom. The van der Waals surface area contributed by atoms with E-state index < -0.39 is 91.4 Å². The van der Waals surface area contributed by atoms with Gasteiger partial charge in [0.2, 0.25) is 11.8 Å². The van der Waals surface area contributed by atoms with E-state index in [-0.39, 0.29) is 12.5 Å². The third-order valence-corrected chi connectivity index (χ3v) is 7.74. The highest BCUT2D eigenvalue weighted by Crippen LogP contribution is 2.44. The maximum atomic E-state index is 13.2. The summed E-state index contributed by atoms with van der Waals surface area (Å²) in [6.07, 6.45) is -7.55. The number of carboxylic acids is 1. The minimum Gasteiger partial charge on any atom is -0.480 e. The molecule has 0 spiro atoms. The Kier molecular flexibility index (Phi) is 11.9. The molecule has 2 aliphatic rings. The van der Waals surface area contributed by atoms with E-state index in [1.54, 1.807) is 0 Å². The molecule has 2 aromatic rings. The molecular formula is C33H37N3O13. The van der Waals surface area contributed by atoms with Crippen LogP contribution < -0.4 is 16.0 Å². The number of nitrogens with one attached hydrogen (secondary N) is 3. The number of hydrogen-bond donors (Lipinski definition) is 4. The molecule has 49 heavy (non-hydrogen) atoms. The minimum absolute atomic E-state index is 0.0997. The van der Waals surface area contributed by atoms with Crippen LogP contribution in [0.1, 0.15) is 51.2 Å². The van der Waals surface area contributed by atoms with Gasteiger partial charge in [-0.2, -0.15) is 0 Å². The molecule has 4 rings (SSSR count). The highest BCUT2D eigenvalue weighted by molar-refractivity contribution is 5.87. The molecule has 2 aromatic carbocycles. The Labute approximate surface area is 280 Å². The van der Waals surface area contributed by atoms with Gasteiger partial charge >= 0.3 is 30.0 Å². The topological polar surface area (TPSA) is 222 Å². The predicted octanol–water partition coefficient (Wildman–Crippen LogP) is 1.14. The van der Waals surface area contributed by atoms with Gasteiger partial charge < -0.3 is 44.7 Å². The molecule has 1 aliphatic carbocycles. The summed E-state index contributed by atoms with van der Waals surface area (Å²) in [5, 5.41) is 16.9. The van der Waals surface area contributed by atoms with Crippen LogP contribution in [-0.2, 0) is 52.5 Å². The van der Waals surface area contributed by atoms with Crippen molar-refractivity contribution < 1.29 is 62.4 Å². The Hall–Kier alpha value is -5.51. The maximum absolute atomic E-state index is 13.2. The molecule has 1 heterocycles. The van der Waals surface area contributed by atoms with E-state index in [4.69, 9.17) is 23.7 Å². The minimum atomic E-state index is -1.76. The number of ether oxygens (including phenoxy) is 5. The van der Waals surface area contributed by atoms with Crippen molar-refractivity contribution in [1.29, 1.82) is 0 Å². The molecule has 0 saturated carbocycles. The van der Waals surface area contributed by atoms with Gasteiger partial charge in [-0.3, -0.25) is 24.0 Å². The molecule has 262 valence electrons. The van der Waals surface area contributed by atoms with Crippen molar-refractivity contribution in [2.24, 2.45) is 0 Å². The normalized spacial score (nSPS) is 21.5. The van der Waals surface area contributed by atoms with E-state index in [1.807, 2.05) is 48.5 Å². The second-order valence-electron chi connectivity index (χ2n) is 11.4. The summed E-state index contributed by atoms with van der Waals surface area (Å²) in [5.41, 5.74) is 3.89.